The maximum Gasteiger partial charge on any atom is 0.223 e. The minimum atomic E-state index is 0.261. The van der Waals surface area contributed by atoms with Crippen molar-refractivity contribution in [1.29, 1.82) is 0 Å². The first-order chi connectivity index (χ1) is 8.29. The quantitative estimate of drug-likeness (QED) is 0.842. The highest BCUT2D eigenvalue weighted by Crippen LogP contribution is 2.18. The largest absolute Gasteiger partial charge is 0.368 e. The topological polar surface area (TPSA) is 45.2 Å². The molecule has 0 saturated carbocycles. The summed E-state index contributed by atoms with van der Waals surface area (Å²) in [5.41, 5.74) is 0. The van der Waals surface area contributed by atoms with Gasteiger partial charge in [-0.05, 0) is 18.1 Å². The Hall–Kier alpha value is -1.10. The van der Waals surface area contributed by atoms with Gasteiger partial charge in [0.1, 0.15) is 5.82 Å². The smallest absolute Gasteiger partial charge is 0.223 e. The predicted octanol–water partition coefficient (Wildman–Crippen LogP) is 1.74. The summed E-state index contributed by atoms with van der Waals surface area (Å²) >= 11 is 3.43. The van der Waals surface area contributed by atoms with Crippen LogP contribution in [0.5, 0.6) is 0 Å². The fourth-order valence-electron chi connectivity index (χ4n) is 1.96. The van der Waals surface area contributed by atoms with Crippen LogP contribution in [0.1, 0.15) is 6.42 Å². The van der Waals surface area contributed by atoms with Crippen molar-refractivity contribution < 1.29 is 4.79 Å². The van der Waals surface area contributed by atoms with E-state index in [2.05, 4.69) is 26.2 Å². The van der Waals surface area contributed by atoms with Gasteiger partial charge >= 0.3 is 0 Å². The molecule has 0 aliphatic carbocycles. The van der Waals surface area contributed by atoms with E-state index >= 15 is 0 Å². The number of alkyl halides is 1. The molecule has 5 heteroatoms. The Kier molecular flexibility index (Phi) is 4.36. The molecule has 0 aromatic carbocycles. The first-order valence-electron chi connectivity index (χ1n) is 5.78. The maximum absolute atomic E-state index is 11.6. The molecule has 1 atom stereocenters. The van der Waals surface area contributed by atoms with Crippen molar-refractivity contribution in [3.8, 4) is 0 Å². The van der Waals surface area contributed by atoms with Crippen molar-refractivity contribution in [2.45, 2.75) is 6.42 Å². The minimum Gasteiger partial charge on any atom is -0.368 e. The Labute approximate surface area is 110 Å². The van der Waals surface area contributed by atoms with Gasteiger partial charge in [-0.3, -0.25) is 4.79 Å². The average Bonchev–Trinajstić information content (AvgIpc) is 2.72. The van der Waals surface area contributed by atoms with Crippen LogP contribution >= 0.6 is 15.9 Å². The van der Waals surface area contributed by atoms with Crippen molar-refractivity contribution in [1.82, 2.24) is 9.88 Å². The molecule has 2 rings (SSSR count). The van der Waals surface area contributed by atoms with Crippen molar-refractivity contribution in [3.63, 3.8) is 0 Å². The van der Waals surface area contributed by atoms with Crippen molar-refractivity contribution in [2.24, 2.45) is 5.92 Å². The highest BCUT2D eigenvalue weighted by atomic mass is 79.9. The summed E-state index contributed by atoms with van der Waals surface area (Å²) in [4.78, 5) is 17.7. The molecule has 1 unspecified atom stereocenters. The fraction of sp³-hybridized carbons (Fsp3) is 0.500. The predicted molar refractivity (Wildman–Crippen MR) is 71.2 cm³/mol. The number of nitrogens with one attached hydrogen (secondary N) is 1. The van der Waals surface area contributed by atoms with E-state index in [0.29, 0.717) is 12.3 Å². The lowest BCUT2D eigenvalue weighted by Gasteiger charge is -2.16. The number of amides is 1. The highest BCUT2D eigenvalue weighted by molar-refractivity contribution is 9.09. The summed E-state index contributed by atoms with van der Waals surface area (Å²) in [5.74, 6) is 1.59. The van der Waals surface area contributed by atoms with E-state index in [-0.39, 0.29) is 5.91 Å². The number of carbonyl (C=O) groups excluding carboxylic acids is 1. The molecule has 17 heavy (non-hydrogen) atoms. The number of likely N-dealkylation sites (tertiary alicyclic amines) is 1. The molecule has 1 aliphatic heterocycles. The third kappa shape index (κ3) is 3.43. The first-order valence-corrected chi connectivity index (χ1v) is 6.90. The fourth-order valence-corrected chi connectivity index (χ4v) is 2.39. The Bertz CT molecular complexity index is 371. The van der Waals surface area contributed by atoms with Gasteiger partial charge in [0, 0.05) is 37.6 Å². The second-order valence-electron chi connectivity index (χ2n) is 4.21. The van der Waals surface area contributed by atoms with E-state index in [0.717, 1.165) is 30.8 Å². The molecular weight excluding hydrogens is 282 g/mol. The molecule has 1 N–H and O–H groups in total. The zero-order chi connectivity index (χ0) is 12.1. The Balaban J connectivity index is 1.74. The van der Waals surface area contributed by atoms with Crippen LogP contribution in [0.25, 0.3) is 0 Å². The zero-order valence-electron chi connectivity index (χ0n) is 9.60. The molecule has 0 spiro atoms. The maximum atomic E-state index is 11.6. The van der Waals surface area contributed by atoms with Crippen LogP contribution in [0, 0.1) is 5.92 Å². The number of anilines is 1. The van der Waals surface area contributed by atoms with Crippen LogP contribution in [0.4, 0.5) is 5.82 Å². The number of hydrogen-bond donors (Lipinski definition) is 1. The molecule has 2 heterocycles. The molecule has 92 valence electrons. The Morgan fingerprint density at radius 2 is 2.41 bits per heavy atom. The summed E-state index contributed by atoms with van der Waals surface area (Å²) < 4.78 is 0. The van der Waals surface area contributed by atoms with E-state index in [1.165, 1.54) is 0 Å². The van der Waals surface area contributed by atoms with Gasteiger partial charge in [0.2, 0.25) is 5.91 Å². The van der Waals surface area contributed by atoms with Crippen LogP contribution in [0.2, 0.25) is 0 Å². The summed E-state index contributed by atoms with van der Waals surface area (Å²) in [5, 5.41) is 4.11. The standard InChI is InChI=1S/C12H16BrN3O/c13-8-10-7-12(17)16(9-10)6-5-15-11-3-1-2-4-14-11/h1-4,10H,5-9H2,(H,14,15). The van der Waals surface area contributed by atoms with Gasteiger partial charge in [-0.25, -0.2) is 4.98 Å². The van der Waals surface area contributed by atoms with E-state index in [9.17, 15) is 4.79 Å². The Morgan fingerprint density at radius 3 is 3.06 bits per heavy atom. The number of rotatable bonds is 5. The number of carbonyl (C=O) groups is 1. The van der Waals surface area contributed by atoms with Crippen LogP contribution < -0.4 is 5.32 Å². The summed E-state index contributed by atoms with van der Waals surface area (Å²) in [6.45, 7) is 2.37. The second kappa shape index (κ2) is 6.00. The third-order valence-electron chi connectivity index (χ3n) is 2.87. The first kappa shape index (κ1) is 12.4. The normalized spacial score (nSPS) is 19.7. The number of hydrogen-bond acceptors (Lipinski definition) is 3. The van der Waals surface area contributed by atoms with Crippen LogP contribution in [-0.4, -0.2) is 40.8 Å². The van der Waals surface area contributed by atoms with Crippen LogP contribution in [-0.2, 0) is 4.79 Å². The lowest BCUT2D eigenvalue weighted by molar-refractivity contribution is -0.127. The highest BCUT2D eigenvalue weighted by Gasteiger charge is 2.27. The summed E-state index contributed by atoms with van der Waals surface area (Å²) in [7, 11) is 0. The Morgan fingerprint density at radius 1 is 1.53 bits per heavy atom. The number of nitrogens with zero attached hydrogens (tertiary/aromatic N) is 2. The molecule has 1 aromatic heterocycles. The van der Waals surface area contributed by atoms with Crippen molar-refractivity contribution >= 4 is 27.7 Å². The number of halogens is 1. The lowest BCUT2D eigenvalue weighted by atomic mass is 10.2. The van der Waals surface area contributed by atoms with Gasteiger partial charge in [-0.15, -0.1) is 0 Å². The number of pyridine rings is 1. The molecule has 1 amide bonds. The number of aromatic nitrogens is 1. The minimum absolute atomic E-state index is 0.261. The van der Waals surface area contributed by atoms with Crippen LogP contribution in [0.15, 0.2) is 24.4 Å². The summed E-state index contributed by atoms with van der Waals surface area (Å²) in [6, 6.07) is 5.75. The molecule has 1 saturated heterocycles. The molecule has 0 bridgehead atoms. The van der Waals surface area contributed by atoms with Gasteiger partial charge in [0.05, 0.1) is 0 Å². The third-order valence-corrected chi connectivity index (χ3v) is 3.78. The van der Waals surface area contributed by atoms with Crippen molar-refractivity contribution in [3.05, 3.63) is 24.4 Å². The summed E-state index contributed by atoms with van der Waals surface area (Å²) in [6.07, 6.45) is 2.43. The molecule has 4 nitrogen and oxygen atoms in total. The van der Waals surface area contributed by atoms with Gasteiger partial charge < -0.3 is 10.2 Å². The molecule has 1 fully saturated rings. The van der Waals surface area contributed by atoms with E-state index < -0.39 is 0 Å². The molecule has 1 aromatic rings. The molecular formula is C12H16BrN3O. The lowest BCUT2D eigenvalue weighted by Crippen LogP contribution is -2.30. The molecule has 1 aliphatic rings. The van der Waals surface area contributed by atoms with E-state index in [1.807, 2.05) is 23.1 Å². The van der Waals surface area contributed by atoms with Gasteiger partial charge in [-0.1, -0.05) is 22.0 Å². The van der Waals surface area contributed by atoms with Gasteiger partial charge in [0.25, 0.3) is 0 Å². The van der Waals surface area contributed by atoms with Crippen molar-refractivity contribution in [2.75, 3.05) is 30.3 Å². The second-order valence-corrected chi connectivity index (χ2v) is 4.85. The van der Waals surface area contributed by atoms with E-state index in [1.54, 1.807) is 6.20 Å². The van der Waals surface area contributed by atoms with E-state index in [4.69, 9.17) is 0 Å². The van der Waals surface area contributed by atoms with Gasteiger partial charge in [0.15, 0.2) is 0 Å². The van der Waals surface area contributed by atoms with Gasteiger partial charge in [-0.2, -0.15) is 0 Å². The molecule has 0 radical (unpaired) electrons. The average molecular weight is 298 g/mol. The monoisotopic (exact) mass is 297 g/mol. The SMILES string of the molecule is O=C1CC(CBr)CN1CCNc1ccccn1. The zero-order valence-corrected chi connectivity index (χ0v) is 11.2. The van der Waals surface area contributed by atoms with Crippen LogP contribution in [0.3, 0.4) is 0 Å².